The van der Waals surface area contributed by atoms with Crippen molar-refractivity contribution < 1.29 is 9.59 Å². The lowest BCUT2D eigenvalue weighted by atomic mass is 9.90. The monoisotopic (exact) mass is 424 g/mol. The average Bonchev–Trinajstić information content (AvgIpc) is 3.42. The van der Waals surface area contributed by atoms with Gasteiger partial charge in [0.15, 0.2) is 0 Å². The molecule has 0 saturated heterocycles. The van der Waals surface area contributed by atoms with Gasteiger partial charge in [0.25, 0.3) is 0 Å². The maximum absolute atomic E-state index is 13.6. The molecule has 1 saturated carbocycles. The summed E-state index contributed by atoms with van der Waals surface area (Å²) in [7, 11) is 0. The minimum absolute atomic E-state index is 0.0282. The Kier molecular flexibility index (Phi) is 6.28. The predicted molar refractivity (Wildman–Crippen MR) is 122 cm³/mol. The highest BCUT2D eigenvalue weighted by molar-refractivity contribution is 7.10. The average molecular weight is 425 g/mol. The molecule has 1 atom stereocenters. The lowest BCUT2D eigenvalue weighted by Gasteiger charge is -2.39. The lowest BCUT2D eigenvalue weighted by molar-refractivity contribution is -0.145. The molecular formula is C25H32N2O2S. The predicted octanol–water partition coefficient (Wildman–Crippen LogP) is 4.96. The molecule has 2 amide bonds. The van der Waals surface area contributed by atoms with Gasteiger partial charge in [0.2, 0.25) is 11.8 Å². The molecule has 5 heteroatoms. The van der Waals surface area contributed by atoms with E-state index in [0.29, 0.717) is 6.54 Å². The van der Waals surface area contributed by atoms with Crippen LogP contribution in [0.4, 0.5) is 0 Å². The van der Waals surface area contributed by atoms with Crippen molar-refractivity contribution >= 4 is 23.2 Å². The molecule has 1 aliphatic carbocycles. The highest BCUT2D eigenvalue weighted by Crippen LogP contribution is 2.39. The standard InChI is InChI=1S/C25H32N2O2S/c1-17(2)27(25(29)19-9-5-6-10-19)16-23(28)26-14-12-22-21(13-15-30-22)24(26)20-11-7-4-8-18(20)3/h4,7-8,11,13,15,17,19,24H,5-6,9-10,12,14,16H2,1-3H3. The molecule has 4 nitrogen and oxygen atoms in total. The molecule has 1 aromatic heterocycles. The Morgan fingerprint density at radius 2 is 1.87 bits per heavy atom. The second kappa shape index (κ2) is 8.93. The van der Waals surface area contributed by atoms with Crippen molar-refractivity contribution in [3.05, 3.63) is 57.3 Å². The first-order valence-corrected chi connectivity index (χ1v) is 12.1. The summed E-state index contributed by atoms with van der Waals surface area (Å²) in [4.78, 5) is 31.9. The molecule has 0 bridgehead atoms. The summed E-state index contributed by atoms with van der Waals surface area (Å²) in [5.41, 5.74) is 3.62. The first kappa shape index (κ1) is 21.1. The third-order valence-electron chi connectivity index (χ3n) is 6.69. The number of hydrogen-bond donors (Lipinski definition) is 0. The fourth-order valence-electron chi connectivity index (χ4n) is 4.97. The maximum atomic E-state index is 13.6. The molecule has 1 aromatic carbocycles. The minimum atomic E-state index is -0.0655. The summed E-state index contributed by atoms with van der Waals surface area (Å²) in [6.07, 6.45) is 5.06. The molecule has 30 heavy (non-hydrogen) atoms. The van der Waals surface area contributed by atoms with Crippen LogP contribution < -0.4 is 0 Å². The normalized spacial score (nSPS) is 19.2. The van der Waals surface area contributed by atoms with Gasteiger partial charge in [-0.1, -0.05) is 37.1 Å². The van der Waals surface area contributed by atoms with Crippen LogP contribution >= 0.6 is 11.3 Å². The number of carbonyl (C=O) groups is 2. The lowest BCUT2D eigenvalue weighted by Crippen LogP contribution is -2.49. The second-order valence-corrected chi connectivity index (χ2v) is 9.94. The molecule has 4 rings (SSSR count). The Morgan fingerprint density at radius 3 is 2.57 bits per heavy atom. The number of fused-ring (bicyclic) bond motifs is 1. The number of hydrogen-bond acceptors (Lipinski definition) is 3. The van der Waals surface area contributed by atoms with Crippen molar-refractivity contribution in [2.24, 2.45) is 5.92 Å². The number of nitrogens with zero attached hydrogens (tertiary/aromatic N) is 2. The van der Waals surface area contributed by atoms with Gasteiger partial charge in [-0.25, -0.2) is 0 Å². The number of amides is 2. The molecule has 1 aliphatic heterocycles. The number of rotatable bonds is 5. The minimum Gasteiger partial charge on any atom is -0.331 e. The van der Waals surface area contributed by atoms with E-state index in [0.717, 1.165) is 32.1 Å². The van der Waals surface area contributed by atoms with Gasteiger partial charge < -0.3 is 9.80 Å². The van der Waals surface area contributed by atoms with Gasteiger partial charge in [-0.05, 0) is 68.2 Å². The van der Waals surface area contributed by atoms with E-state index in [2.05, 4.69) is 36.6 Å². The van der Waals surface area contributed by atoms with Crippen LogP contribution in [0.3, 0.4) is 0 Å². The van der Waals surface area contributed by atoms with Gasteiger partial charge in [0, 0.05) is 23.4 Å². The zero-order valence-electron chi connectivity index (χ0n) is 18.3. The van der Waals surface area contributed by atoms with Crippen LogP contribution in [-0.4, -0.2) is 40.7 Å². The summed E-state index contributed by atoms with van der Waals surface area (Å²) < 4.78 is 0. The van der Waals surface area contributed by atoms with Crippen LogP contribution in [0.5, 0.6) is 0 Å². The van der Waals surface area contributed by atoms with Gasteiger partial charge in [-0.2, -0.15) is 0 Å². The highest BCUT2D eigenvalue weighted by Gasteiger charge is 2.36. The van der Waals surface area contributed by atoms with E-state index in [9.17, 15) is 9.59 Å². The maximum Gasteiger partial charge on any atom is 0.243 e. The fraction of sp³-hybridized carbons (Fsp3) is 0.520. The van der Waals surface area contributed by atoms with E-state index < -0.39 is 0 Å². The first-order valence-electron chi connectivity index (χ1n) is 11.2. The van der Waals surface area contributed by atoms with Crippen LogP contribution in [0.2, 0.25) is 0 Å². The van der Waals surface area contributed by atoms with Crippen LogP contribution in [0.15, 0.2) is 35.7 Å². The van der Waals surface area contributed by atoms with Gasteiger partial charge in [0.05, 0.1) is 6.04 Å². The third kappa shape index (κ3) is 4.04. The SMILES string of the molecule is Cc1ccccc1C1c2ccsc2CCN1C(=O)CN(C(=O)C1CCCC1)C(C)C. The van der Waals surface area contributed by atoms with Gasteiger partial charge >= 0.3 is 0 Å². The van der Waals surface area contributed by atoms with E-state index in [1.807, 2.05) is 29.7 Å². The van der Waals surface area contributed by atoms with Crippen LogP contribution in [0, 0.1) is 12.8 Å². The zero-order chi connectivity index (χ0) is 21.3. The summed E-state index contributed by atoms with van der Waals surface area (Å²) in [5.74, 6) is 0.314. The van der Waals surface area contributed by atoms with E-state index in [4.69, 9.17) is 0 Å². The summed E-state index contributed by atoms with van der Waals surface area (Å²) in [5, 5.41) is 2.13. The van der Waals surface area contributed by atoms with Gasteiger partial charge in [-0.15, -0.1) is 11.3 Å². The second-order valence-electron chi connectivity index (χ2n) is 8.94. The largest absolute Gasteiger partial charge is 0.331 e. The molecule has 1 fully saturated rings. The smallest absolute Gasteiger partial charge is 0.243 e. The van der Waals surface area contributed by atoms with Crippen molar-refractivity contribution in [3.63, 3.8) is 0 Å². The molecule has 1 unspecified atom stereocenters. The van der Waals surface area contributed by atoms with Crippen molar-refractivity contribution in [1.82, 2.24) is 9.80 Å². The number of aryl methyl sites for hydroxylation is 1. The van der Waals surface area contributed by atoms with E-state index in [1.165, 1.54) is 21.6 Å². The zero-order valence-corrected chi connectivity index (χ0v) is 19.1. The Hall–Kier alpha value is -2.14. The quantitative estimate of drug-likeness (QED) is 0.681. The molecule has 0 spiro atoms. The Balaban J connectivity index is 1.61. The molecule has 0 radical (unpaired) electrons. The fourth-order valence-corrected chi connectivity index (χ4v) is 5.88. The molecular weight excluding hydrogens is 392 g/mol. The molecule has 2 aromatic rings. The van der Waals surface area contributed by atoms with Crippen molar-refractivity contribution in [2.75, 3.05) is 13.1 Å². The molecule has 2 aliphatic rings. The van der Waals surface area contributed by atoms with Crippen molar-refractivity contribution in [2.45, 2.75) is 65.0 Å². The molecule has 160 valence electrons. The van der Waals surface area contributed by atoms with Crippen LogP contribution in [0.1, 0.15) is 67.1 Å². The Morgan fingerprint density at radius 1 is 1.13 bits per heavy atom. The summed E-state index contributed by atoms with van der Waals surface area (Å²) in [6.45, 7) is 7.03. The van der Waals surface area contributed by atoms with Crippen molar-refractivity contribution in [1.29, 1.82) is 0 Å². The van der Waals surface area contributed by atoms with Crippen LogP contribution in [0.25, 0.3) is 0 Å². The Labute approximate surface area is 183 Å². The summed E-state index contributed by atoms with van der Waals surface area (Å²) in [6, 6.07) is 10.5. The topological polar surface area (TPSA) is 40.6 Å². The van der Waals surface area contributed by atoms with Crippen LogP contribution in [-0.2, 0) is 16.0 Å². The summed E-state index contributed by atoms with van der Waals surface area (Å²) >= 11 is 1.78. The van der Waals surface area contributed by atoms with Gasteiger partial charge in [-0.3, -0.25) is 9.59 Å². The first-order chi connectivity index (χ1) is 14.5. The van der Waals surface area contributed by atoms with E-state index in [1.54, 1.807) is 11.3 Å². The number of carbonyl (C=O) groups excluding carboxylic acids is 2. The number of benzene rings is 1. The molecule has 0 N–H and O–H groups in total. The third-order valence-corrected chi connectivity index (χ3v) is 7.68. The molecule has 2 heterocycles. The van der Waals surface area contributed by atoms with Crippen molar-refractivity contribution in [3.8, 4) is 0 Å². The number of thiophene rings is 1. The van der Waals surface area contributed by atoms with E-state index >= 15 is 0 Å². The highest BCUT2D eigenvalue weighted by atomic mass is 32.1. The van der Waals surface area contributed by atoms with Gasteiger partial charge in [0.1, 0.15) is 6.54 Å². The Bertz CT molecular complexity index is 913. The van der Waals surface area contributed by atoms with E-state index in [-0.39, 0.29) is 36.4 Å².